The van der Waals surface area contributed by atoms with Gasteiger partial charge in [0.05, 0.1) is 0 Å². The molecule has 0 unspecified atom stereocenters. The number of para-hydroxylation sites is 1. The zero-order valence-electron chi connectivity index (χ0n) is 8.16. The van der Waals surface area contributed by atoms with Crippen molar-refractivity contribution >= 4 is 11.5 Å². The van der Waals surface area contributed by atoms with E-state index in [1.165, 1.54) is 12.8 Å². The smallest absolute Gasteiger partial charge is 0.124 e. The average Bonchev–Trinajstić information content (AvgIpc) is 2.70. The Kier molecular flexibility index (Phi) is 2.39. The van der Waals surface area contributed by atoms with Crippen molar-refractivity contribution in [1.29, 1.82) is 5.41 Å². The molecule has 14 heavy (non-hydrogen) atoms. The van der Waals surface area contributed by atoms with E-state index in [0.717, 1.165) is 24.3 Å². The van der Waals surface area contributed by atoms with Crippen molar-refractivity contribution in [1.82, 2.24) is 0 Å². The lowest BCUT2D eigenvalue weighted by Crippen LogP contribution is -2.22. The monoisotopic (exact) mass is 189 g/mol. The van der Waals surface area contributed by atoms with E-state index in [-0.39, 0.29) is 5.84 Å². The predicted octanol–water partition coefficient (Wildman–Crippen LogP) is 1.57. The van der Waals surface area contributed by atoms with Crippen molar-refractivity contribution in [3.8, 4) is 0 Å². The molecule has 1 aromatic rings. The minimum atomic E-state index is 0.160. The molecule has 74 valence electrons. The molecule has 1 aliphatic heterocycles. The molecule has 1 aliphatic rings. The molecular weight excluding hydrogens is 174 g/mol. The zero-order chi connectivity index (χ0) is 9.97. The summed E-state index contributed by atoms with van der Waals surface area (Å²) in [5.74, 6) is 0.160. The van der Waals surface area contributed by atoms with Gasteiger partial charge in [0.1, 0.15) is 5.84 Å². The molecule has 0 spiro atoms. The molecule has 1 heterocycles. The molecule has 0 bridgehead atoms. The maximum Gasteiger partial charge on any atom is 0.124 e. The van der Waals surface area contributed by atoms with E-state index in [9.17, 15) is 0 Å². The van der Waals surface area contributed by atoms with Crippen LogP contribution in [0.5, 0.6) is 0 Å². The zero-order valence-corrected chi connectivity index (χ0v) is 8.16. The lowest BCUT2D eigenvalue weighted by molar-refractivity contribution is 0.949. The van der Waals surface area contributed by atoms with Crippen molar-refractivity contribution in [2.24, 2.45) is 5.73 Å². The highest BCUT2D eigenvalue weighted by atomic mass is 15.1. The van der Waals surface area contributed by atoms with E-state index in [1.807, 2.05) is 24.3 Å². The number of amidine groups is 1. The number of anilines is 1. The number of hydrogen-bond donors (Lipinski definition) is 2. The molecule has 0 radical (unpaired) electrons. The van der Waals surface area contributed by atoms with Gasteiger partial charge in [-0.15, -0.1) is 0 Å². The summed E-state index contributed by atoms with van der Waals surface area (Å²) in [5.41, 5.74) is 7.50. The third-order valence-corrected chi connectivity index (χ3v) is 2.64. The van der Waals surface area contributed by atoms with Crippen LogP contribution in [-0.4, -0.2) is 18.9 Å². The first-order valence-electron chi connectivity index (χ1n) is 4.97. The van der Waals surface area contributed by atoms with Gasteiger partial charge in [0.15, 0.2) is 0 Å². The van der Waals surface area contributed by atoms with Crippen molar-refractivity contribution in [3.63, 3.8) is 0 Å². The Morgan fingerprint density at radius 2 is 1.86 bits per heavy atom. The van der Waals surface area contributed by atoms with Crippen LogP contribution in [0, 0.1) is 5.41 Å². The summed E-state index contributed by atoms with van der Waals surface area (Å²) >= 11 is 0. The van der Waals surface area contributed by atoms with Gasteiger partial charge >= 0.3 is 0 Å². The molecule has 1 saturated heterocycles. The topological polar surface area (TPSA) is 53.1 Å². The Balaban J connectivity index is 2.35. The average molecular weight is 189 g/mol. The Morgan fingerprint density at radius 1 is 1.21 bits per heavy atom. The molecular formula is C11H15N3. The van der Waals surface area contributed by atoms with Gasteiger partial charge in [-0.05, 0) is 25.0 Å². The van der Waals surface area contributed by atoms with Crippen LogP contribution >= 0.6 is 0 Å². The Bertz CT molecular complexity index is 340. The number of benzene rings is 1. The quantitative estimate of drug-likeness (QED) is 0.548. The van der Waals surface area contributed by atoms with Gasteiger partial charge in [-0.2, -0.15) is 0 Å². The Labute approximate surface area is 84.0 Å². The van der Waals surface area contributed by atoms with Crippen LogP contribution in [-0.2, 0) is 0 Å². The number of rotatable bonds is 2. The molecule has 2 rings (SSSR count). The Morgan fingerprint density at radius 3 is 2.50 bits per heavy atom. The number of nitrogens with one attached hydrogen (secondary N) is 1. The fourth-order valence-electron chi connectivity index (χ4n) is 1.94. The second kappa shape index (κ2) is 3.70. The van der Waals surface area contributed by atoms with Crippen LogP contribution < -0.4 is 10.6 Å². The van der Waals surface area contributed by atoms with E-state index < -0.39 is 0 Å². The molecule has 1 fully saturated rings. The predicted molar refractivity (Wildman–Crippen MR) is 58.9 cm³/mol. The highest BCUT2D eigenvalue weighted by Crippen LogP contribution is 2.23. The molecule has 3 heteroatoms. The SMILES string of the molecule is N=C(N)c1ccccc1N1CCCC1. The Hall–Kier alpha value is -1.51. The van der Waals surface area contributed by atoms with E-state index in [2.05, 4.69) is 4.90 Å². The first kappa shape index (κ1) is 9.06. The number of nitrogens with two attached hydrogens (primary N) is 1. The van der Waals surface area contributed by atoms with E-state index >= 15 is 0 Å². The third-order valence-electron chi connectivity index (χ3n) is 2.64. The van der Waals surface area contributed by atoms with Crippen molar-refractivity contribution < 1.29 is 0 Å². The van der Waals surface area contributed by atoms with E-state index in [4.69, 9.17) is 11.1 Å². The molecule has 1 aromatic carbocycles. The van der Waals surface area contributed by atoms with Gasteiger partial charge in [0.25, 0.3) is 0 Å². The second-order valence-corrected chi connectivity index (χ2v) is 3.62. The lowest BCUT2D eigenvalue weighted by atomic mass is 10.1. The molecule has 3 N–H and O–H groups in total. The van der Waals surface area contributed by atoms with Crippen molar-refractivity contribution in [2.45, 2.75) is 12.8 Å². The first-order valence-corrected chi connectivity index (χ1v) is 4.97. The highest BCUT2D eigenvalue weighted by Gasteiger charge is 2.15. The fourth-order valence-corrected chi connectivity index (χ4v) is 1.94. The van der Waals surface area contributed by atoms with Gasteiger partial charge in [-0.1, -0.05) is 12.1 Å². The van der Waals surface area contributed by atoms with Gasteiger partial charge in [0.2, 0.25) is 0 Å². The number of nitrogens with zero attached hydrogens (tertiary/aromatic N) is 1. The maximum atomic E-state index is 7.49. The normalized spacial score (nSPS) is 15.9. The van der Waals surface area contributed by atoms with Crippen LogP contribution in [0.25, 0.3) is 0 Å². The standard InChI is InChI=1S/C11H15N3/c12-11(13)9-5-1-2-6-10(9)14-7-3-4-8-14/h1-2,5-6H,3-4,7-8H2,(H3,12,13). The summed E-state index contributed by atoms with van der Waals surface area (Å²) in [7, 11) is 0. The molecule has 0 atom stereocenters. The van der Waals surface area contributed by atoms with E-state index in [0.29, 0.717) is 0 Å². The lowest BCUT2D eigenvalue weighted by Gasteiger charge is -2.20. The summed E-state index contributed by atoms with van der Waals surface area (Å²) < 4.78 is 0. The minimum absolute atomic E-state index is 0.160. The van der Waals surface area contributed by atoms with Crippen LogP contribution in [0.15, 0.2) is 24.3 Å². The van der Waals surface area contributed by atoms with Gasteiger partial charge < -0.3 is 10.6 Å². The largest absolute Gasteiger partial charge is 0.384 e. The van der Waals surface area contributed by atoms with Crippen molar-refractivity contribution in [2.75, 3.05) is 18.0 Å². The van der Waals surface area contributed by atoms with Gasteiger partial charge in [-0.3, -0.25) is 5.41 Å². The van der Waals surface area contributed by atoms with Gasteiger partial charge in [-0.25, -0.2) is 0 Å². The number of hydrogen-bond acceptors (Lipinski definition) is 2. The van der Waals surface area contributed by atoms with Crippen LogP contribution in [0.3, 0.4) is 0 Å². The maximum absolute atomic E-state index is 7.49. The molecule has 0 saturated carbocycles. The summed E-state index contributed by atoms with van der Waals surface area (Å²) in [4.78, 5) is 2.30. The summed E-state index contributed by atoms with van der Waals surface area (Å²) in [6.07, 6.45) is 2.48. The second-order valence-electron chi connectivity index (χ2n) is 3.62. The fraction of sp³-hybridized carbons (Fsp3) is 0.364. The molecule has 3 nitrogen and oxygen atoms in total. The number of nitrogen functional groups attached to an aromatic ring is 1. The summed E-state index contributed by atoms with van der Waals surface area (Å²) in [6, 6.07) is 7.88. The van der Waals surface area contributed by atoms with Crippen LogP contribution in [0.1, 0.15) is 18.4 Å². The minimum Gasteiger partial charge on any atom is -0.384 e. The van der Waals surface area contributed by atoms with E-state index in [1.54, 1.807) is 0 Å². The highest BCUT2D eigenvalue weighted by molar-refractivity contribution is 6.00. The third kappa shape index (κ3) is 1.58. The van der Waals surface area contributed by atoms with Gasteiger partial charge in [0, 0.05) is 24.3 Å². The summed E-state index contributed by atoms with van der Waals surface area (Å²) in [6.45, 7) is 2.18. The first-order chi connectivity index (χ1) is 6.79. The molecule has 0 aromatic heterocycles. The molecule has 0 aliphatic carbocycles. The summed E-state index contributed by atoms with van der Waals surface area (Å²) in [5, 5.41) is 7.49. The van der Waals surface area contributed by atoms with Crippen LogP contribution in [0.2, 0.25) is 0 Å². The van der Waals surface area contributed by atoms with Crippen molar-refractivity contribution in [3.05, 3.63) is 29.8 Å². The molecule has 0 amide bonds. The van der Waals surface area contributed by atoms with Crippen LogP contribution in [0.4, 0.5) is 5.69 Å².